The van der Waals surface area contributed by atoms with E-state index in [1.165, 1.54) is 44.5 Å². The first-order valence-corrected chi connectivity index (χ1v) is 8.57. The summed E-state index contributed by atoms with van der Waals surface area (Å²) in [6.07, 6.45) is 12.6. The van der Waals surface area contributed by atoms with Crippen LogP contribution in [0, 0.1) is 0 Å². The fourth-order valence-corrected chi connectivity index (χ4v) is 2.99. The van der Waals surface area contributed by atoms with E-state index in [2.05, 4.69) is 25.2 Å². The highest BCUT2D eigenvalue weighted by atomic mass is 16.1. The Labute approximate surface area is 142 Å². The van der Waals surface area contributed by atoms with Crippen molar-refractivity contribution in [2.24, 2.45) is 0 Å². The maximum atomic E-state index is 12.2. The molecule has 1 amide bonds. The quantitative estimate of drug-likeness (QED) is 0.935. The lowest BCUT2D eigenvalue weighted by Crippen LogP contribution is -2.30. The van der Waals surface area contributed by atoms with E-state index in [1.54, 1.807) is 6.20 Å². The Morgan fingerprint density at radius 2 is 1.83 bits per heavy atom. The van der Waals surface area contributed by atoms with Gasteiger partial charge in [-0.3, -0.25) is 9.78 Å². The minimum atomic E-state index is -0.217. The molecule has 0 bridgehead atoms. The van der Waals surface area contributed by atoms with Crippen LogP contribution in [0.5, 0.6) is 0 Å². The summed E-state index contributed by atoms with van der Waals surface area (Å²) in [6.45, 7) is 2.50. The van der Waals surface area contributed by atoms with Gasteiger partial charge >= 0.3 is 0 Å². The lowest BCUT2D eigenvalue weighted by atomic mass is 10.1. The first-order chi connectivity index (χ1) is 11.8. The number of amides is 1. The summed E-state index contributed by atoms with van der Waals surface area (Å²) < 4.78 is 0. The number of nitrogens with zero attached hydrogens (tertiary/aromatic N) is 4. The molecule has 3 heterocycles. The molecular weight excluding hydrogens is 302 g/mol. The number of carbonyl (C=O) groups is 1. The standard InChI is InChI=1S/C18H23N5O/c24-18(16-14-19-9-10-20-16)22-13-15-7-6-8-21-17(15)23-11-4-2-1-3-5-12-23/h6-10,14H,1-5,11-13H2,(H,22,24). The zero-order valence-electron chi connectivity index (χ0n) is 13.8. The Bertz CT molecular complexity index is 653. The largest absolute Gasteiger partial charge is 0.356 e. The molecule has 3 rings (SSSR count). The van der Waals surface area contributed by atoms with Gasteiger partial charge in [-0.1, -0.05) is 25.3 Å². The highest BCUT2D eigenvalue weighted by Gasteiger charge is 2.15. The van der Waals surface area contributed by atoms with Gasteiger partial charge in [0.25, 0.3) is 5.91 Å². The van der Waals surface area contributed by atoms with Crippen molar-refractivity contribution in [2.45, 2.75) is 38.6 Å². The SMILES string of the molecule is O=C(NCc1cccnc1N1CCCCCCC1)c1cnccn1. The van der Waals surface area contributed by atoms with Crippen molar-refractivity contribution in [1.82, 2.24) is 20.3 Å². The van der Waals surface area contributed by atoms with Gasteiger partial charge in [0, 0.05) is 43.8 Å². The second kappa shape index (κ2) is 8.38. The predicted molar refractivity (Wildman–Crippen MR) is 92.7 cm³/mol. The average molecular weight is 325 g/mol. The first-order valence-electron chi connectivity index (χ1n) is 8.57. The number of aromatic nitrogens is 3. The van der Waals surface area contributed by atoms with Crippen LogP contribution in [0.4, 0.5) is 5.82 Å². The second-order valence-corrected chi connectivity index (χ2v) is 6.01. The molecule has 1 fully saturated rings. The molecular formula is C18H23N5O. The highest BCUT2D eigenvalue weighted by molar-refractivity contribution is 5.91. The van der Waals surface area contributed by atoms with Crippen LogP contribution < -0.4 is 10.2 Å². The lowest BCUT2D eigenvalue weighted by Gasteiger charge is -2.27. The number of hydrogen-bond acceptors (Lipinski definition) is 5. The Hall–Kier alpha value is -2.50. The lowest BCUT2D eigenvalue weighted by molar-refractivity contribution is 0.0945. The molecule has 0 atom stereocenters. The second-order valence-electron chi connectivity index (χ2n) is 6.01. The van der Waals surface area contributed by atoms with Crippen LogP contribution in [0.15, 0.2) is 36.9 Å². The molecule has 1 aliphatic rings. The summed E-state index contributed by atoms with van der Waals surface area (Å²) >= 11 is 0. The molecule has 0 radical (unpaired) electrons. The summed E-state index contributed by atoms with van der Waals surface area (Å²) in [7, 11) is 0. The summed E-state index contributed by atoms with van der Waals surface area (Å²) in [4.78, 5) is 27.0. The zero-order valence-corrected chi connectivity index (χ0v) is 13.8. The van der Waals surface area contributed by atoms with Crippen LogP contribution in [0.25, 0.3) is 0 Å². The third-order valence-corrected chi connectivity index (χ3v) is 4.26. The maximum absolute atomic E-state index is 12.2. The van der Waals surface area contributed by atoms with Gasteiger partial charge in [-0.25, -0.2) is 9.97 Å². The number of hydrogen-bond donors (Lipinski definition) is 1. The molecule has 1 N–H and O–H groups in total. The predicted octanol–water partition coefficient (Wildman–Crippen LogP) is 2.57. The van der Waals surface area contributed by atoms with E-state index in [4.69, 9.17) is 0 Å². The van der Waals surface area contributed by atoms with Gasteiger partial charge in [0.15, 0.2) is 0 Å². The first kappa shape index (κ1) is 16.4. The number of carbonyl (C=O) groups excluding carboxylic acids is 1. The van der Waals surface area contributed by atoms with Gasteiger partial charge in [-0.05, 0) is 18.9 Å². The molecule has 24 heavy (non-hydrogen) atoms. The van der Waals surface area contributed by atoms with Gasteiger partial charge in [0.1, 0.15) is 11.5 Å². The van der Waals surface area contributed by atoms with E-state index in [9.17, 15) is 4.79 Å². The van der Waals surface area contributed by atoms with E-state index in [0.717, 1.165) is 24.5 Å². The molecule has 0 saturated carbocycles. The van der Waals surface area contributed by atoms with Crippen LogP contribution in [0.2, 0.25) is 0 Å². The minimum absolute atomic E-state index is 0.217. The van der Waals surface area contributed by atoms with Crippen LogP contribution in [-0.4, -0.2) is 33.9 Å². The van der Waals surface area contributed by atoms with Gasteiger partial charge < -0.3 is 10.2 Å². The van der Waals surface area contributed by atoms with Crippen molar-refractivity contribution in [2.75, 3.05) is 18.0 Å². The van der Waals surface area contributed by atoms with Crippen molar-refractivity contribution in [3.63, 3.8) is 0 Å². The topological polar surface area (TPSA) is 71.0 Å². The molecule has 2 aromatic heterocycles. The molecule has 6 heteroatoms. The minimum Gasteiger partial charge on any atom is -0.356 e. The Morgan fingerprint density at radius 3 is 2.58 bits per heavy atom. The summed E-state index contributed by atoms with van der Waals surface area (Å²) in [5.41, 5.74) is 1.37. The van der Waals surface area contributed by atoms with Gasteiger partial charge in [0.2, 0.25) is 0 Å². The normalized spacial score (nSPS) is 15.4. The Kier molecular flexibility index (Phi) is 5.71. The van der Waals surface area contributed by atoms with Gasteiger partial charge in [-0.15, -0.1) is 0 Å². The maximum Gasteiger partial charge on any atom is 0.271 e. The van der Waals surface area contributed by atoms with E-state index in [1.807, 2.05) is 18.3 Å². The van der Waals surface area contributed by atoms with Crippen LogP contribution in [0.1, 0.15) is 48.2 Å². The van der Waals surface area contributed by atoms with Crippen molar-refractivity contribution >= 4 is 11.7 Å². The monoisotopic (exact) mass is 325 g/mol. The smallest absolute Gasteiger partial charge is 0.271 e. The summed E-state index contributed by atoms with van der Waals surface area (Å²) in [6, 6.07) is 3.94. The zero-order chi connectivity index (χ0) is 16.6. The molecule has 0 aromatic carbocycles. The average Bonchev–Trinajstić information content (AvgIpc) is 2.61. The Balaban J connectivity index is 1.68. The number of rotatable bonds is 4. The van der Waals surface area contributed by atoms with Gasteiger partial charge in [-0.2, -0.15) is 0 Å². The van der Waals surface area contributed by atoms with E-state index < -0.39 is 0 Å². The molecule has 1 saturated heterocycles. The summed E-state index contributed by atoms with van der Waals surface area (Å²) in [5.74, 6) is 0.768. The molecule has 0 aliphatic carbocycles. The third kappa shape index (κ3) is 4.28. The fourth-order valence-electron chi connectivity index (χ4n) is 2.99. The summed E-state index contributed by atoms with van der Waals surface area (Å²) in [5, 5.41) is 2.91. The Morgan fingerprint density at radius 1 is 1.04 bits per heavy atom. The van der Waals surface area contributed by atoms with E-state index in [-0.39, 0.29) is 5.91 Å². The molecule has 126 valence electrons. The van der Waals surface area contributed by atoms with Crippen molar-refractivity contribution < 1.29 is 4.79 Å². The van der Waals surface area contributed by atoms with E-state index in [0.29, 0.717) is 12.2 Å². The molecule has 2 aromatic rings. The van der Waals surface area contributed by atoms with E-state index >= 15 is 0 Å². The van der Waals surface area contributed by atoms with Crippen LogP contribution >= 0.6 is 0 Å². The van der Waals surface area contributed by atoms with Crippen LogP contribution in [-0.2, 0) is 6.54 Å². The number of pyridine rings is 1. The van der Waals surface area contributed by atoms with Crippen LogP contribution in [0.3, 0.4) is 0 Å². The molecule has 6 nitrogen and oxygen atoms in total. The molecule has 1 aliphatic heterocycles. The molecule has 0 spiro atoms. The fraction of sp³-hybridized carbons (Fsp3) is 0.444. The highest BCUT2D eigenvalue weighted by Crippen LogP contribution is 2.21. The number of nitrogens with one attached hydrogen (secondary N) is 1. The van der Waals surface area contributed by atoms with Crippen molar-refractivity contribution in [1.29, 1.82) is 0 Å². The van der Waals surface area contributed by atoms with Gasteiger partial charge in [0.05, 0.1) is 6.20 Å². The number of anilines is 1. The van der Waals surface area contributed by atoms with Crippen molar-refractivity contribution in [3.8, 4) is 0 Å². The third-order valence-electron chi connectivity index (χ3n) is 4.26. The van der Waals surface area contributed by atoms with Crippen molar-refractivity contribution in [3.05, 3.63) is 48.2 Å². The molecule has 0 unspecified atom stereocenters.